The van der Waals surface area contributed by atoms with Crippen molar-refractivity contribution in [3.8, 4) is 0 Å². The lowest BCUT2D eigenvalue weighted by molar-refractivity contribution is 1.35. The third-order valence-electron chi connectivity index (χ3n) is 3.60. The highest BCUT2D eigenvalue weighted by molar-refractivity contribution is 7.98. The zero-order valence-electron chi connectivity index (χ0n) is 12.5. The molecule has 2 aromatic carbocycles. The molecule has 0 aliphatic heterocycles. The summed E-state index contributed by atoms with van der Waals surface area (Å²) in [7, 11) is 0. The molecule has 0 saturated carbocycles. The van der Waals surface area contributed by atoms with Crippen LogP contribution in [0, 0.1) is 13.8 Å². The van der Waals surface area contributed by atoms with E-state index < -0.39 is 0 Å². The molecule has 0 amide bonds. The number of benzene rings is 2. The Labute approximate surface area is 129 Å². The Hall–Kier alpha value is -2.00. The molecule has 21 heavy (non-hydrogen) atoms. The van der Waals surface area contributed by atoms with E-state index in [1.807, 2.05) is 12.3 Å². The molecular weight excluding hydrogens is 276 g/mol. The number of hydrogen-bond donors (Lipinski definition) is 1. The SMILES string of the molecule is CSc1ccc2nccc(Nc3ccc(C)cc3C)c2c1. The van der Waals surface area contributed by atoms with Crippen molar-refractivity contribution in [3.63, 3.8) is 0 Å². The number of anilines is 2. The van der Waals surface area contributed by atoms with Crippen molar-refractivity contribution in [3.05, 3.63) is 59.8 Å². The molecule has 0 bridgehead atoms. The topological polar surface area (TPSA) is 24.9 Å². The van der Waals surface area contributed by atoms with Crippen molar-refractivity contribution in [2.45, 2.75) is 18.7 Å². The molecule has 3 heteroatoms. The van der Waals surface area contributed by atoms with Crippen LogP contribution in [0.5, 0.6) is 0 Å². The monoisotopic (exact) mass is 294 g/mol. The van der Waals surface area contributed by atoms with E-state index in [0.717, 1.165) is 22.3 Å². The number of rotatable bonds is 3. The van der Waals surface area contributed by atoms with Crippen molar-refractivity contribution in [2.75, 3.05) is 11.6 Å². The Kier molecular flexibility index (Phi) is 3.84. The maximum Gasteiger partial charge on any atom is 0.0723 e. The van der Waals surface area contributed by atoms with Gasteiger partial charge in [0, 0.05) is 27.9 Å². The largest absolute Gasteiger partial charge is 0.355 e. The van der Waals surface area contributed by atoms with Gasteiger partial charge in [-0.05, 0) is 56.0 Å². The molecule has 0 radical (unpaired) electrons. The molecule has 106 valence electrons. The van der Waals surface area contributed by atoms with Crippen LogP contribution in [-0.2, 0) is 0 Å². The normalized spacial score (nSPS) is 10.8. The molecular formula is C18H18N2S. The summed E-state index contributed by atoms with van der Waals surface area (Å²) in [6, 6.07) is 14.9. The molecule has 1 heterocycles. The van der Waals surface area contributed by atoms with E-state index in [1.165, 1.54) is 16.0 Å². The highest BCUT2D eigenvalue weighted by Crippen LogP contribution is 2.29. The van der Waals surface area contributed by atoms with Gasteiger partial charge in [-0.3, -0.25) is 4.98 Å². The average Bonchev–Trinajstić information content (AvgIpc) is 2.50. The van der Waals surface area contributed by atoms with Gasteiger partial charge in [-0.2, -0.15) is 0 Å². The van der Waals surface area contributed by atoms with E-state index in [-0.39, 0.29) is 0 Å². The second-order valence-corrected chi connectivity index (χ2v) is 6.06. The molecule has 3 rings (SSSR count). The van der Waals surface area contributed by atoms with Gasteiger partial charge in [0.25, 0.3) is 0 Å². The summed E-state index contributed by atoms with van der Waals surface area (Å²) in [4.78, 5) is 5.70. The van der Waals surface area contributed by atoms with Crippen LogP contribution in [0.25, 0.3) is 10.9 Å². The Balaban J connectivity index is 2.07. The summed E-state index contributed by atoms with van der Waals surface area (Å²) in [5.41, 5.74) is 5.79. The Morgan fingerprint density at radius 2 is 1.81 bits per heavy atom. The first-order chi connectivity index (χ1) is 10.2. The maximum atomic E-state index is 4.45. The van der Waals surface area contributed by atoms with Crippen LogP contribution in [0.1, 0.15) is 11.1 Å². The van der Waals surface area contributed by atoms with Gasteiger partial charge in [0.2, 0.25) is 0 Å². The lowest BCUT2D eigenvalue weighted by atomic mass is 10.1. The summed E-state index contributed by atoms with van der Waals surface area (Å²) in [6.45, 7) is 4.25. The van der Waals surface area contributed by atoms with Crippen LogP contribution in [0.4, 0.5) is 11.4 Å². The molecule has 1 N–H and O–H groups in total. The van der Waals surface area contributed by atoms with Gasteiger partial charge in [-0.15, -0.1) is 11.8 Å². The predicted molar refractivity (Wildman–Crippen MR) is 92.7 cm³/mol. The van der Waals surface area contributed by atoms with Gasteiger partial charge in [-0.25, -0.2) is 0 Å². The van der Waals surface area contributed by atoms with Gasteiger partial charge in [-0.1, -0.05) is 17.7 Å². The second-order valence-electron chi connectivity index (χ2n) is 5.18. The number of fused-ring (bicyclic) bond motifs is 1. The molecule has 2 nitrogen and oxygen atoms in total. The minimum absolute atomic E-state index is 1.02. The van der Waals surface area contributed by atoms with Crippen LogP contribution in [0.15, 0.2) is 53.6 Å². The van der Waals surface area contributed by atoms with E-state index in [2.05, 4.69) is 66.8 Å². The summed E-state index contributed by atoms with van der Waals surface area (Å²) < 4.78 is 0. The van der Waals surface area contributed by atoms with Gasteiger partial charge < -0.3 is 5.32 Å². The summed E-state index contributed by atoms with van der Waals surface area (Å²) in [5, 5.41) is 4.70. The van der Waals surface area contributed by atoms with Gasteiger partial charge >= 0.3 is 0 Å². The molecule has 0 aliphatic carbocycles. The van der Waals surface area contributed by atoms with Crippen LogP contribution in [-0.4, -0.2) is 11.2 Å². The Morgan fingerprint density at radius 3 is 2.57 bits per heavy atom. The van der Waals surface area contributed by atoms with Crippen molar-refractivity contribution in [1.82, 2.24) is 4.98 Å². The van der Waals surface area contributed by atoms with E-state index in [1.54, 1.807) is 11.8 Å². The highest BCUT2D eigenvalue weighted by Gasteiger charge is 2.05. The Morgan fingerprint density at radius 1 is 0.952 bits per heavy atom. The van der Waals surface area contributed by atoms with E-state index in [0.29, 0.717) is 0 Å². The van der Waals surface area contributed by atoms with Crippen LogP contribution >= 0.6 is 11.8 Å². The van der Waals surface area contributed by atoms with Gasteiger partial charge in [0.15, 0.2) is 0 Å². The highest BCUT2D eigenvalue weighted by atomic mass is 32.2. The molecule has 3 aromatic rings. The van der Waals surface area contributed by atoms with Crippen molar-refractivity contribution >= 4 is 34.0 Å². The number of thioether (sulfide) groups is 1. The summed E-state index contributed by atoms with van der Waals surface area (Å²) >= 11 is 1.75. The first-order valence-corrected chi connectivity index (χ1v) is 8.17. The first kappa shape index (κ1) is 14.0. The fourth-order valence-electron chi connectivity index (χ4n) is 2.46. The van der Waals surface area contributed by atoms with Crippen molar-refractivity contribution < 1.29 is 0 Å². The number of aryl methyl sites for hydroxylation is 2. The van der Waals surface area contributed by atoms with Crippen molar-refractivity contribution in [1.29, 1.82) is 0 Å². The summed E-state index contributed by atoms with van der Waals surface area (Å²) in [5.74, 6) is 0. The molecule has 0 atom stereocenters. The van der Waals surface area contributed by atoms with Gasteiger partial charge in [0.1, 0.15) is 0 Å². The third-order valence-corrected chi connectivity index (χ3v) is 4.33. The fraction of sp³-hybridized carbons (Fsp3) is 0.167. The molecule has 0 aliphatic rings. The van der Waals surface area contributed by atoms with E-state index in [4.69, 9.17) is 0 Å². The number of nitrogens with zero attached hydrogens (tertiary/aromatic N) is 1. The lowest BCUT2D eigenvalue weighted by Crippen LogP contribution is -1.95. The average molecular weight is 294 g/mol. The quantitative estimate of drug-likeness (QED) is 0.662. The summed E-state index contributed by atoms with van der Waals surface area (Å²) in [6.07, 6.45) is 3.95. The predicted octanol–water partition coefficient (Wildman–Crippen LogP) is 5.32. The number of nitrogens with one attached hydrogen (secondary N) is 1. The molecule has 0 fully saturated rings. The Bertz CT molecular complexity index is 796. The van der Waals surface area contributed by atoms with Crippen molar-refractivity contribution in [2.24, 2.45) is 0 Å². The standard InChI is InChI=1S/C18H18N2S/c1-12-4-6-16(13(2)10-12)20-18-8-9-19-17-7-5-14(21-3)11-15(17)18/h4-11H,1-3H3,(H,19,20). The van der Waals surface area contributed by atoms with Crippen LogP contribution in [0.2, 0.25) is 0 Å². The zero-order chi connectivity index (χ0) is 14.8. The minimum atomic E-state index is 1.02. The minimum Gasteiger partial charge on any atom is -0.355 e. The zero-order valence-corrected chi connectivity index (χ0v) is 13.3. The molecule has 0 saturated heterocycles. The van der Waals surface area contributed by atoms with E-state index >= 15 is 0 Å². The fourth-order valence-corrected chi connectivity index (χ4v) is 2.90. The van der Waals surface area contributed by atoms with Gasteiger partial charge in [0.05, 0.1) is 5.52 Å². The number of aromatic nitrogens is 1. The molecule has 1 aromatic heterocycles. The lowest BCUT2D eigenvalue weighted by Gasteiger charge is -2.13. The number of pyridine rings is 1. The number of hydrogen-bond acceptors (Lipinski definition) is 3. The van der Waals surface area contributed by atoms with Crippen LogP contribution < -0.4 is 5.32 Å². The first-order valence-electron chi connectivity index (χ1n) is 6.94. The van der Waals surface area contributed by atoms with Crippen LogP contribution in [0.3, 0.4) is 0 Å². The molecule has 0 spiro atoms. The smallest absolute Gasteiger partial charge is 0.0723 e. The second kappa shape index (κ2) is 5.78. The maximum absolute atomic E-state index is 4.45. The molecule has 0 unspecified atom stereocenters. The third kappa shape index (κ3) is 2.88. The van der Waals surface area contributed by atoms with E-state index in [9.17, 15) is 0 Å².